The molecule has 1 N–H and O–H groups in total. The molecule has 0 spiro atoms. The van der Waals surface area contributed by atoms with Crippen molar-refractivity contribution in [1.29, 1.82) is 0 Å². The Bertz CT molecular complexity index is 845. The average molecular weight is 441 g/mol. The van der Waals surface area contributed by atoms with Crippen molar-refractivity contribution in [3.05, 3.63) is 64.7 Å². The minimum atomic E-state index is 0.0255. The highest BCUT2D eigenvalue weighted by Gasteiger charge is 2.35. The number of piperidine rings is 1. The van der Waals surface area contributed by atoms with E-state index in [1.54, 1.807) is 0 Å². The molecule has 2 fully saturated rings. The summed E-state index contributed by atoms with van der Waals surface area (Å²) in [4.78, 5) is 15.4. The van der Waals surface area contributed by atoms with Crippen LogP contribution in [-0.4, -0.2) is 42.6 Å². The van der Waals surface area contributed by atoms with E-state index in [1.165, 1.54) is 31.2 Å². The van der Waals surface area contributed by atoms with Crippen molar-refractivity contribution >= 4 is 17.5 Å². The highest BCUT2D eigenvalue weighted by Crippen LogP contribution is 2.30. The number of nitrogens with zero attached hydrogens (tertiary/aromatic N) is 1. The third kappa shape index (κ3) is 5.81. The lowest BCUT2D eigenvalue weighted by Crippen LogP contribution is -2.51. The summed E-state index contributed by atoms with van der Waals surface area (Å²) in [5, 5.41) is 4.12. The molecule has 1 saturated carbocycles. The number of ether oxygens (including phenoxy) is 1. The number of benzene rings is 2. The van der Waals surface area contributed by atoms with Gasteiger partial charge in [-0.05, 0) is 106 Å². The summed E-state index contributed by atoms with van der Waals surface area (Å²) in [6, 6.07) is 16.4. The summed E-state index contributed by atoms with van der Waals surface area (Å²) in [6.45, 7) is 4.84. The van der Waals surface area contributed by atoms with E-state index in [2.05, 4.69) is 22.3 Å². The van der Waals surface area contributed by atoms with Crippen molar-refractivity contribution in [2.75, 3.05) is 19.7 Å². The van der Waals surface area contributed by atoms with Gasteiger partial charge < -0.3 is 10.1 Å². The lowest BCUT2D eigenvalue weighted by atomic mass is 9.89. The Hall–Kier alpha value is -2.04. The van der Waals surface area contributed by atoms with Crippen molar-refractivity contribution < 1.29 is 9.53 Å². The standard InChI is InChI=1S/C26H33ClN2O2/c1-2-31-23-12-8-21(9-13-23)26(30)28-24-4-3-5-25(24)29-16-14-20(15-17-29)18-19-6-10-22(27)11-7-19/h6-13,20,24-25H,2-5,14-18H2,1H3,(H,28,30). The fourth-order valence-electron chi connectivity index (χ4n) is 5.11. The van der Waals surface area contributed by atoms with E-state index in [0.717, 1.165) is 42.6 Å². The van der Waals surface area contributed by atoms with Crippen LogP contribution in [-0.2, 0) is 6.42 Å². The first kappa shape index (κ1) is 22.2. The van der Waals surface area contributed by atoms with Gasteiger partial charge in [0, 0.05) is 22.7 Å². The molecule has 0 radical (unpaired) electrons. The summed E-state index contributed by atoms with van der Waals surface area (Å²) >= 11 is 6.01. The maximum absolute atomic E-state index is 12.8. The Morgan fingerprint density at radius 2 is 1.74 bits per heavy atom. The van der Waals surface area contributed by atoms with Crippen LogP contribution in [0, 0.1) is 5.92 Å². The van der Waals surface area contributed by atoms with Gasteiger partial charge in [-0.15, -0.1) is 0 Å². The predicted octanol–water partition coefficient (Wildman–Crippen LogP) is 5.34. The minimum absolute atomic E-state index is 0.0255. The van der Waals surface area contributed by atoms with Gasteiger partial charge in [0.2, 0.25) is 0 Å². The van der Waals surface area contributed by atoms with Crippen LogP contribution < -0.4 is 10.1 Å². The van der Waals surface area contributed by atoms with Gasteiger partial charge in [-0.2, -0.15) is 0 Å². The van der Waals surface area contributed by atoms with Crippen LogP contribution in [0.15, 0.2) is 48.5 Å². The highest BCUT2D eigenvalue weighted by molar-refractivity contribution is 6.30. The molecular weight excluding hydrogens is 408 g/mol. The van der Waals surface area contributed by atoms with Gasteiger partial charge in [-0.25, -0.2) is 0 Å². The molecule has 2 unspecified atom stereocenters. The van der Waals surface area contributed by atoms with Crippen LogP contribution in [0.1, 0.15) is 54.9 Å². The van der Waals surface area contributed by atoms with E-state index in [9.17, 15) is 4.79 Å². The molecule has 2 aromatic rings. The van der Waals surface area contributed by atoms with Gasteiger partial charge in [0.15, 0.2) is 0 Å². The van der Waals surface area contributed by atoms with Gasteiger partial charge >= 0.3 is 0 Å². The number of halogens is 1. The van der Waals surface area contributed by atoms with Crippen LogP contribution in [0.4, 0.5) is 0 Å². The quantitative estimate of drug-likeness (QED) is 0.631. The Morgan fingerprint density at radius 1 is 1.03 bits per heavy atom. The molecule has 31 heavy (non-hydrogen) atoms. The minimum Gasteiger partial charge on any atom is -0.494 e. The van der Waals surface area contributed by atoms with E-state index < -0.39 is 0 Å². The molecule has 0 bridgehead atoms. The second-order valence-electron chi connectivity index (χ2n) is 8.85. The Kier molecular flexibility index (Phi) is 7.52. The van der Waals surface area contributed by atoms with Gasteiger partial charge in [0.25, 0.3) is 5.91 Å². The molecule has 4 nitrogen and oxygen atoms in total. The van der Waals surface area contributed by atoms with Crippen molar-refractivity contribution in [1.82, 2.24) is 10.2 Å². The zero-order valence-electron chi connectivity index (χ0n) is 18.4. The monoisotopic (exact) mass is 440 g/mol. The zero-order chi connectivity index (χ0) is 21.6. The van der Waals surface area contributed by atoms with Crippen LogP contribution in [0.5, 0.6) is 5.75 Å². The maximum atomic E-state index is 12.8. The van der Waals surface area contributed by atoms with Gasteiger partial charge in [-0.3, -0.25) is 9.69 Å². The topological polar surface area (TPSA) is 41.6 Å². The smallest absolute Gasteiger partial charge is 0.251 e. The van der Waals surface area contributed by atoms with Crippen molar-refractivity contribution in [2.24, 2.45) is 5.92 Å². The number of amides is 1. The molecule has 1 aliphatic carbocycles. The van der Waals surface area contributed by atoms with Gasteiger partial charge in [-0.1, -0.05) is 23.7 Å². The summed E-state index contributed by atoms with van der Waals surface area (Å²) in [5.41, 5.74) is 2.08. The van der Waals surface area contributed by atoms with Gasteiger partial charge in [0.05, 0.1) is 6.61 Å². The fourth-order valence-corrected chi connectivity index (χ4v) is 5.24. The SMILES string of the molecule is CCOc1ccc(C(=O)NC2CCCC2N2CCC(Cc3ccc(Cl)cc3)CC2)cc1. The van der Waals surface area contributed by atoms with E-state index in [-0.39, 0.29) is 11.9 Å². The Balaban J connectivity index is 1.28. The molecule has 2 atom stereocenters. The summed E-state index contributed by atoms with van der Waals surface area (Å²) in [5.74, 6) is 1.56. The third-order valence-corrected chi connectivity index (χ3v) is 7.03. The molecule has 1 saturated heterocycles. The zero-order valence-corrected chi connectivity index (χ0v) is 19.1. The van der Waals surface area contributed by atoms with E-state index in [1.807, 2.05) is 43.3 Å². The maximum Gasteiger partial charge on any atom is 0.251 e. The third-order valence-electron chi connectivity index (χ3n) is 6.78. The number of rotatable bonds is 7. The second-order valence-corrected chi connectivity index (χ2v) is 9.28. The normalized spacial score (nSPS) is 22.4. The average Bonchev–Trinajstić information content (AvgIpc) is 3.25. The first-order valence-corrected chi connectivity index (χ1v) is 12.0. The first-order valence-electron chi connectivity index (χ1n) is 11.6. The summed E-state index contributed by atoms with van der Waals surface area (Å²) in [7, 11) is 0. The van der Waals surface area contributed by atoms with Crippen molar-refractivity contribution in [3.63, 3.8) is 0 Å². The van der Waals surface area contributed by atoms with Crippen LogP contribution in [0.3, 0.4) is 0 Å². The van der Waals surface area contributed by atoms with Crippen molar-refractivity contribution in [2.45, 2.75) is 57.5 Å². The van der Waals surface area contributed by atoms with Gasteiger partial charge in [0.1, 0.15) is 5.75 Å². The molecule has 166 valence electrons. The number of likely N-dealkylation sites (tertiary alicyclic amines) is 1. The van der Waals surface area contributed by atoms with Crippen LogP contribution in [0.25, 0.3) is 0 Å². The number of carbonyl (C=O) groups excluding carboxylic acids is 1. The van der Waals surface area contributed by atoms with E-state index >= 15 is 0 Å². The summed E-state index contributed by atoms with van der Waals surface area (Å²) < 4.78 is 5.48. The van der Waals surface area contributed by atoms with Crippen LogP contribution in [0.2, 0.25) is 5.02 Å². The first-order chi connectivity index (χ1) is 15.1. The molecule has 4 rings (SSSR count). The van der Waals surface area contributed by atoms with E-state index in [4.69, 9.17) is 16.3 Å². The molecule has 1 amide bonds. The molecule has 1 heterocycles. The van der Waals surface area contributed by atoms with E-state index in [0.29, 0.717) is 18.2 Å². The lowest BCUT2D eigenvalue weighted by molar-refractivity contribution is 0.0862. The summed E-state index contributed by atoms with van der Waals surface area (Å²) in [6.07, 6.45) is 7.00. The fraction of sp³-hybridized carbons (Fsp3) is 0.500. The number of hydrogen-bond donors (Lipinski definition) is 1. The predicted molar refractivity (Wildman–Crippen MR) is 126 cm³/mol. The molecule has 1 aliphatic heterocycles. The molecule has 0 aromatic heterocycles. The number of hydrogen-bond acceptors (Lipinski definition) is 3. The Morgan fingerprint density at radius 3 is 2.42 bits per heavy atom. The number of nitrogens with one attached hydrogen (secondary N) is 1. The second kappa shape index (κ2) is 10.5. The highest BCUT2D eigenvalue weighted by atomic mass is 35.5. The van der Waals surface area contributed by atoms with Crippen LogP contribution >= 0.6 is 11.6 Å². The molecular formula is C26H33ClN2O2. The molecule has 2 aromatic carbocycles. The molecule has 2 aliphatic rings. The lowest BCUT2D eigenvalue weighted by Gasteiger charge is -2.38. The largest absolute Gasteiger partial charge is 0.494 e. The molecule has 5 heteroatoms. The van der Waals surface area contributed by atoms with Crippen molar-refractivity contribution in [3.8, 4) is 5.75 Å². The Labute approximate surface area is 190 Å². The number of carbonyl (C=O) groups is 1.